The van der Waals surface area contributed by atoms with Crippen LogP contribution in [0.2, 0.25) is 15.1 Å². The summed E-state index contributed by atoms with van der Waals surface area (Å²) in [6.07, 6.45) is 1.46. The van der Waals surface area contributed by atoms with Gasteiger partial charge in [0.2, 0.25) is 0 Å². The molecular formula is C25H18BrCl3N2O4. The molecule has 35 heavy (non-hydrogen) atoms. The third-order valence-corrected chi connectivity index (χ3v) is 7.21. The maximum Gasteiger partial charge on any atom is 0.282 e. The molecule has 1 aliphatic heterocycles. The van der Waals surface area contributed by atoms with Gasteiger partial charge in [0.25, 0.3) is 11.8 Å². The van der Waals surface area contributed by atoms with Gasteiger partial charge in [-0.3, -0.25) is 15.0 Å². The molecule has 6 nitrogen and oxygen atoms in total. The van der Waals surface area contributed by atoms with Crippen molar-refractivity contribution in [2.45, 2.75) is 13.5 Å². The number of hydrazine groups is 1. The van der Waals surface area contributed by atoms with Gasteiger partial charge in [0.15, 0.2) is 11.5 Å². The minimum Gasteiger partial charge on any atom is -0.490 e. The van der Waals surface area contributed by atoms with Crippen molar-refractivity contribution >= 4 is 74.3 Å². The molecule has 0 radical (unpaired) electrons. The van der Waals surface area contributed by atoms with E-state index in [2.05, 4.69) is 21.4 Å². The number of nitrogens with one attached hydrogen (secondary N) is 1. The van der Waals surface area contributed by atoms with Crippen LogP contribution in [0.25, 0.3) is 6.08 Å². The molecule has 0 spiro atoms. The van der Waals surface area contributed by atoms with Crippen molar-refractivity contribution in [3.8, 4) is 11.5 Å². The normalized spacial score (nSPS) is 14.4. The summed E-state index contributed by atoms with van der Waals surface area (Å²) in [5.74, 6) is -0.345. The van der Waals surface area contributed by atoms with E-state index in [0.717, 1.165) is 5.56 Å². The predicted octanol–water partition coefficient (Wildman–Crippen LogP) is 6.85. The lowest BCUT2D eigenvalue weighted by molar-refractivity contribution is -0.117. The summed E-state index contributed by atoms with van der Waals surface area (Å²) in [7, 11) is 0. The molecule has 0 bridgehead atoms. The van der Waals surface area contributed by atoms with E-state index in [0.29, 0.717) is 43.9 Å². The third-order valence-electron chi connectivity index (χ3n) is 5.03. The Kier molecular flexibility index (Phi) is 7.91. The number of rotatable bonds is 7. The van der Waals surface area contributed by atoms with Gasteiger partial charge in [-0.25, -0.2) is 5.01 Å². The zero-order valence-electron chi connectivity index (χ0n) is 18.3. The standard InChI is InChI=1S/C25H18BrCl3N2O4/c1-2-34-20-12-15(11-17-24(32)30-31(25(17)33)16-6-4-3-5-7-16)21(26)22(29)23(20)35-13-14-8-9-18(27)19(28)10-14/h3-12H,2,13H2,1H3,(H,30,32)/b17-11-. The molecule has 0 aromatic heterocycles. The van der Waals surface area contributed by atoms with Gasteiger partial charge < -0.3 is 9.47 Å². The van der Waals surface area contributed by atoms with Crippen LogP contribution in [0.5, 0.6) is 11.5 Å². The number of hydrogen-bond donors (Lipinski definition) is 1. The quantitative estimate of drug-likeness (QED) is 0.239. The van der Waals surface area contributed by atoms with E-state index in [4.69, 9.17) is 44.3 Å². The first-order valence-corrected chi connectivity index (χ1v) is 12.4. The van der Waals surface area contributed by atoms with Crippen LogP contribution in [0.15, 0.2) is 64.6 Å². The Morgan fingerprint density at radius 3 is 2.43 bits per heavy atom. The topological polar surface area (TPSA) is 67.9 Å². The molecule has 1 heterocycles. The molecule has 0 aliphatic carbocycles. The smallest absolute Gasteiger partial charge is 0.282 e. The Bertz CT molecular complexity index is 1330. The van der Waals surface area contributed by atoms with E-state index >= 15 is 0 Å². The first kappa shape index (κ1) is 25.4. The molecule has 0 unspecified atom stereocenters. The molecule has 0 saturated carbocycles. The highest BCUT2D eigenvalue weighted by atomic mass is 79.9. The number of ether oxygens (including phenoxy) is 2. The minimum absolute atomic E-state index is 0.0439. The van der Waals surface area contributed by atoms with E-state index in [1.807, 2.05) is 13.0 Å². The number of benzene rings is 3. The Morgan fingerprint density at radius 2 is 1.74 bits per heavy atom. The summed E-state index contributed by atoms with van der Waals surface area (Å²) in [5.41, 5.74) is 4.35. The molecule has 3 aromatic rings. The number of anilines is 1. The number of carbonyl (C=O) groups excluding carboxylic acids is 2. The first-order valence-electron chi connectivity index (χ1n) is 10.4. The van der Waals surface area contributed by atoms with Crippen molar-refractivity contribution in [1.82, 2.24) is 5.43 Å². The molecule has 0 atom stereocenters. The number of amides is 2. The summed E-state index contributed by atoms with van der Waals surface area (Å²) >= 11 is 22.2. The van der Waals surface area contributed by atoms with Crippen LogP contribution in [-0.2, 0) is 16.2 Å². The zero-order chi connectivity index (χ0) is 25.1. The lowest BCUT2D eigenvalue weighted by atomic mass is 10.1. The minimum atomic E-state index is -0.528. The van der Waals surface area contributed by atoms with Gasteiger partial charge in [-0.2, -0.15) is 0 Å². The van der Waals surface area contributed by atoms with Crippen molar-refractivity contribution in [3.05, 3.63) is 90.8 Å². The SMILES string of the molecule is CCOc1cc(/C=C2/C(=O)NN(c3ccccc3)C2=O)c(Br)c(Cl)c1OCc1ccc(Cl)c(Cl)c1. The van der Waals surface area contributed by atoms with Crippen molar-refractivity contribution in [3.63, 3.8) is 0 Å². The van der Waals surface area contributed by atoms with Gasteiger partial charge in [-0.1, -0.05) is 59.1 Å². The molecule has 10 heteroatoms. The fraction of sp³-hybridized carbons (Fsp3) is 0.120. The van der Waals surface area contributed by atoms with Gasteiger partial charge in [-0.05, 0) is 70.4 Å². The Morgan fingerprint density at radius 1 is 1.00 bits per heavy atom. The maximum absolute atomic E-state index is 13.0. The largest absolute Gasteiger partial charge is 0.490 e. The average Bonchev–Trinajstić information content (AvgIpc) is 3.13. The summed E-state index contributed by atoms with van der Waals surface area (Å²) in [6.45, 7) is 2.33. The van der Waals surface area contributed by atoms with Crippen molar-refractivity contribution in [1.29, 1.82) is 0 Å². The predicted molar refractivity (Wildman–Crippen MR) is 141 cm³/mol. The van der Waals surface area contributed by atoms with Gasteiger partial charge >= 0.3 is 0 Å². The molecule has 1 N–H and O–H groups in total. The van der Waals surface area contributed by atoms with Crippen LogP contribution < -0.4 is 19.9 Å². The van der Waals surface area contributed by atoms with Crippen LogP contribution in [0.4, 0.5) is 5.69 Å². The Labute approximate surface area is 225 Å². The molecule has 1 aliphatic rings. The van der Waals surface area contributed by atoms with E-state index in [9.17, 15) is 9.59 Å². The van der Waals surface area contributed by atoms with Gasteiger partial charge in [-0.15, -0.1) is 0 Å². The monoisotopic (exact) mass is 594 g/mol. The third kappa shape index (κ3) is 5.43. The summed E-state index contributed by atoms with van der Waals surface area (Å²) in [5, 5.41) is 2.28. The summed E-state index contributed by atoms with van der Waals surface area (Å²) in [6, 6.07) is 15.7. The van der Waals surface area contributed by atoms with Crippen molar-refractivity contribution in [2.75, 3.05) is 11.6 Å². The molecule has 4 rings (SSSR count). The molecule has 1 fully saturated rings. The van der Waals surface area contributed by atoms with Crippen LogP contribution in [0, 0.1) is 0 Å². The average molecular weight is 597 g/mol. The number of para-hydroxylation sites is 1. The van der Waals surface area contributed by atoms with E-state index < -0.39 is 11.8 Å². The van der Waals surface area contributed by atoms with Gasteiger partial charge in [0.1, 0.15) is 17.2 Å². The first-order chi connectivity index (χ1) is 16.8. The lowest BCUT2D eigenvalue weighted by Crippen LogP contribution is -2.35. The molecule has 3 aromatic carbocycles. The number of nitrogens with zero attached hydrogens (tertiary/aromatic N) is 1. The Hall–Kier alpha value is -2.71. The lowest BCUT2D eigenvalue weighted by Gasteiger charge is -2.16. The highest BCUT2D eigenvalue weighted by Gasteiger charge is 2.34. The van der Waals surface area contributed by atoms with E-state index in [-0.39, 0.29) is 17.2 Å². The van der Waals surface area contributed by atoms with Crippen molar-refractivity contribution < 1.29 is 19.1 Å². The summed E-state index contributed by atoms with van der Waals surface area (Å²) < 4.78 is 12.2. The maximum atomic E-state index is 13.0. The van der Waals surface area contributed by atoms with Gasteiger partial charge in [0.05, 0.1) is 22.3 Å². The highest BCUT2D eigenvalue weighted by molar-refractivity contribution is 9.10. The number of carbonyl (C=O) groups is 2. The van der Waals surface area contributed by atoms with Gasteiger partial charge in [0, 0.05) is 4.47 Å². The molecule has 2 amide bonds. The highest BCUT2D eigenvalue weighted by Crippen LogP contribution is 2.44. The molecule has 180 valence electrons. The van der Waals surface area contributed by atoms with Crippen LogP contribution in [-0.4, -0.2) is 18.4 Å². The fourth-order valence-electron chi connectivity index (χ4n) is 3.36. The zero-order valence-corrected chi connectivity index (χ0v) is 22.1. The second-order valence-corrected chi connectivity index (χ2v) is 9.35. The molecule has 1 saturated heterocycles. The Balaban J connectivity index is 1.66. The van der Waals surface area contributed by atoms with Crippen molar-refractivity contribution in [2.24, 2.45) is 0 Å². The summed E-state index contributed by atoms with van der Waals surface area (Å²) in [4.78, 5) is 25.5. The van der Waals surface area contributed by atoms with E-state index in [1.54, 1.807) is 48.5 Å². The number of hydrogen-bond acceptors (Lipinski definition) is 4. The number of halogens is 4. The van der Waals surface area contributed by atoms with E-state index in [1.165, 1.54) is 11.1 Å². The van der Waals surface area contributed by atoms with Crippen LogP contribution in [0.1, 0.15) is 18.1 Å². The fourth-order valence-corrected chi connectivity index (χ4v) is 4.35. The van der Waals surface area contributed by atoms with Crippen LogP contribution in [0.3, 0.4) is 0 Å². The second kappa shape index (κ2) is 10.9. The molecular weight excluding hydrogens is 579 g/mol. The van der Waals surface area contributed by atoms with Crippen LogP contribution >= 0.6 is 50.7 Å². The second-order valence-electron chi connectivity index (χ2n) is 7.37.